The second-order valence-corrected chi connectivity index (χ2v) is 19.9. The lowest BCUT2D eigenvalue weighted by Crippen LogP contribution is -2.58. The van der Waals surface area contributed by atoms with Gasteiger partial charge in [0.15, 0.2) is 0 Å². The molecule has 1 fully saturated rings. The zero-order chi connectivity index (χ0) is 47.1. The van der Waals surface area contributed by atoms with Gasteiger partial charge in [0.2, 0.25) is 29.6 Å². The number of carboxylic acids is 1. The number of carboxylic acid groups (broad SMARTS) is 1. The van der Waals surface area contributed by atoms with Crippen molar-refractivity contribution >= 4 is 51.6 Å². The first-order valence-electron chi connectivity index (χ1n) is 20.6. The number of rotatable bonds is 18. The van der Waals surface area contributed by atoms with E-state index < -0.39 is 99.5 Å². The summed E-state index contributed by atoms with van der Waals surface area (Å²) in [6.07, 6.45) is 0.852. The van der Waals surface area contributed by atoms with Gasteiger partial charge < -0.3 is 51.6 Å². The minimum atomic E-state index is -4.12. The summed E-state index contributed by atoms with van der Waals surface area (Å²) in [6.45, 7) is 18.3. The van der Waals surface area contributed by atoms with Gasteiger partial charge in [-0.15, -0.1) is 0 Å². The van der Waals surface area contributed by atoms with Crippen molar-refractivity contribution in [2.75, 3.05) is 26.2 Å². The Bertz CT molecular complexity index is 2020. The van der Waals surface area contributed by atoms with E-state index in [1.807, 2.05) is 20.8 Å². The third kappa shape index (κ3) is 14.5. The topological polar surface area (TPSA) is 300 Å². The third-order valence-electron chi connectivity index (χ3n) is 10.1. The molecule has 2 aliphatic heterocycles. The number of guanidine groups is 1. The molecule has 0 radical (unpaired) electrons. The number of sulfonamides is 1. The lowest BCUT2D eigenvalue weighted by molar-refractivity contribution is -0.157. The number of nitrogens with one attached hydrogen (secondary N) is 4. The van der Waals surface area contributed by atoms with E-state index in [2.05, 4.69) is 25.7 Å². The van der Waals surface area contributed by atoms with Crippen LogP contribution in [0.1, 0.15) is 110 Å². The number of nitrogens with zero attached hydrogens (tertiary/aromatic N) is 2. The lowest BCUT2D eigenvalue weighted by Gasteiger charge is -2.30. The average molecular weight is 895 g/mol. The van der Waals surface area contributed by atoms with E-state index in [1.165, 1.54) is 0 Å². The van der Waals surface area contributed by atoms with Gasteiger partial charge in [0.05, 0.1) is 36.1 Å². The number of hydrogen-bond donors (Lipinski definition) is 7. The quantitative estimate of drug-likeness (QED) is 0.0463. The molecule has 1 saturated heterocycles. The molecule has 21 heteroatoms. The van der Waals surface area contributed by atoms with Gasteiger partial charge in [-0.25, -0.2) is 17.9 Å². The second-order valence-electron chi connectivity index (χ2n) is 18.3. The van der Waals surface area contributed by atoms with Crippen LogP contribution in [0.2, 0.25) is 0 Å². The van der Waals surface area contributed by atoms with E-state index in [-0.39, 0.29) is 49.8 Å². The van der Waals surface area contributed by atoms with Crippen LogP contribution < -0.4 is 36.9 Å². The highest BCUT2D eigenvalue weighted by Crippen LogP contribution is 2.43. The zero-order valence-electron chi connectivity index (χ0n) is 37.8. The number of carbonyl (C=O) groups excluding carboxylic acids is 5. The number of aliphatic imine (C=N–C) groups is 1. The zero-order valence-corrected chi connectivity index (χ0v) is 38.6. The minimum Gasteiger partial charge on any atom is -0.487 e. The van der Waals surface area contributed by atoms with Crippen molar-refractivity contribution in [2.24, 2.45) is 16.5 Å². The minimum absolute atomic E-state index is 0.0134. The Morgan fingerprint density at radius 2 is 1.61 bits per heavy atom. The molecule has 3 rings (SSSR count). The Kier molecular flexibility index (Phi) is 16.9. The molecule has 62 heavy (non-hydrogen) atoms. The van der Waals surface area contributed by atoms with Crippen molar-refractivity contribution in [3.8, 4) is 5.75 Å². The van der Waals surface area contributed by atoms with Crippen molar-refractivity contribution in [1.29, 1.82) is 0 Å². The number of aliphatic carboxylic acids is 1. The van der Waals surface area contributed by atoms with Crippen molar-refractivity contribution in [3.63, 3.8) is 0 Å². The number of benzene rings is 1. The number of fused-ring (bicyclic) bond motifs is 1. The highest BCUT2D eigenvalue weighted by Gasteiger charge is 2.40. The average Bonchev–Trinajstić information content (AvgIpc) is 3.76. The molecule has 4 amide bonds. The van der Waals surface area contributed by atoms with Crippen LogP contribution >= 0.6 is 0 Å². The summed E-state index contributed by atoms with van der Waals surface area (Å²) in [4.78, 5) is 83.3. The summed E-state index contributed by atoms with van der Waals surface area (Å²) < 4.78 is 46.5. The molecule has 9 N–H and O–H groups in total. The molecule has 0 aliphatic carbocycles. The number of ether oxygens (including phenoxy) is 3. The first-order valence-corrected chi connectivity index (χ1v) is 22.1. The molecule has 0 saturated carbocycles. The van der Waals surface area contributed by atoms with Crippen LogP contribution in [-0.4, -0.2) is 127 Å². The molecule has 2 heterocycles. The van der Waals surface area contributed by atoms with Crippen LogP contribution in [0.4, 0.5) is 0 Å². The molecule has 20 nitrogen and oxygen atoms in total. The normalized spacial score (nSPS) is 17.8. The predicted octanol–water partition coefficient (Wildman–Crippen LogP) is 0.734. The molecule has 0 aromatic heterocycles. The Balaban J connectivity index is 1.61. The van der Waals surface area contributed by atoms with Gasteiger partial charge >= 0.3 is 11.9 Å². The Morgan fingerprint density at radius 3 is 2.21 bits per heavy atom. The van der Waals surface area contributed by atoms with Gasteiger partial charge in [-0.05, 0) is 119 Å². The van der Waals surface area contributed by atoms with Gasteiger partial charge in [-0.3, -0.25) is 29.0 Å². The van der Waals surface area contributed by atoms with Gasteiger partial charge in [-0.2, -0.15) is 0 Å². The molecular formula is C41H66N8O12S. The fourth-order valence-corrected chi connectivity index (χ4v) is 8.61. The third-order valence-corrected chi connectivity index (χ3v) is 11.7. The first-order chi connectivity index (χ1) is 28.4. The van der Waals surface area contributed by atoms with Gasteiger partial charge in [0, 0.05) is 25.1 Å². The fraction of sp³-hybridized carbons (Fsp3) is 0.683. The van der Waals surface area contributed by atoms with Crippen LogP contribution in [-0.2, 0) is 54.7 Å². The highest BCUT2D eigenvalue weighted by atomic mass is 32.2. The van der Waals surface area contributed by atoms with E-state index in [0.717, 1.165) is 16.0 Å². The number of esters is 1. The standard InChI is InChI=1S/C41H66N8O12S/c1-22-23(2)33(24(3)25-19-41(10,11)61-32(22)25)62(57,58)48-38(43)44-16-12-14-26(42)34(52)45-20-30(50)46-27(18-31(51)60-40(7,8)9)35(53)47-28(21-59-39(4,5)6)36(54)49-17-13-15-29(49)37(55)56/h26-29H,12-21,42H2,1-11H3,(H,45,52)(H,46,50)(H,47,53)(H,55,56)(H3,43,44,48)/t26-,27-,28-,29-/m0/s1. The number of nitrogens with two attached hydrogens (primary N) is 2. The summed E-state index contributed by atoms with van der Waals surface area (Å²) in [5.74, 6) is -4.96. The van der Waals surface area contributed by atoms with E-state index in [4.69, 9.17) is 25.7 Å². The Hall–Kier alpha value is -5.02. The Labute approximate surface area is 364 Å². The van der Waals surface area contributed by atoms with Crippen LogP contribution in [0.5, 0.6) is 5.75 Å². The van der Waals surface area contributed by atoms with E-state index in [1.54, 1.807) is 55.4 Å². The number of hydrogen-bond acceptors (Lipinski definition) is 13. The maximum atomic E-state index is 13.7. The monoisotopic (exact) mass is 894 g/mol. The maximum absolute atomic E-state index is 13.7. The summed E-state index contributed by atoms with van der Waals surface area (Å²) in [5.41, 5.74) is 12.5. The summed E-state index contributed by atoms with van der Waals surface area (Å²) in [5, 5.41) is 17.0. The summed E-state index contributed by atoms with van der Waals surface area (Å²) in [7, 11) is -4.12. The molecule has 1 aromatic carbocycles. The molecule has 0 unspecified atom stereocenters. The van der Waals surface area contributed by atoms with Gasteiger partial charge in [-0.1, -0.05) is 0 Å². The SMILES string of the molecule is Cc1c(C)c(S(=O)(=O)NC(N)=NCCC[C@H](N)C(=O)NCC(=O)N[C@@H](CC(=O)OC(C)(C)C)C(=O)N[C@@H](COC(C)(C)C)C(=O)N2CCC[C@H]2C(=O)O)c(C)c2c1OC(C)(C)C2. The number of carbonyl (C=O) groups is 6. The van der Waals surface area contributed by atoms with Crippen molar-refractivity contribution in [2.45, 2.75) is 161 Å². The van der Waals surface area contributed by atoms with Crippen LogP contribution in [0.15, 0.2) is 9.89 Å². The largest absolute Gasteiger partial charge is 0.487 e. The summed E-state index contributed by atoms with van der Waals surface area (Å²) >= 11 is 0. The van der Waals surface area contributed by atoms with E-state index in [0.29, 0.717) is 29.7 Å². The molecule has 0 bridgehead atoms. The van der Waals surface area contributed by atoms with Crippen molar-refractivity contribution in [3.05, 3.63) is 22.3 Å². The van der Waals surface area contributed by atoms with Crippen molar-refractivity contribution < 1.29 is 56.5 Å². The van der Waals surface area contributed by atoms with E-state index in [9.17, 15) is 42.3 Å². The van der Waals surface area contributed by atoms with Gasteiger partial charge in [0.25, 0.3) is 10.0 Å². The molecule has 348 valence electrons. The van der Waals surface area contributed by atoms with Gasteiger partial charge in [0.1, 0.15) is 35.1 Å². The molecular weight excluding hydrogens is 829 g/mol. The van der Waals surface area contributed by atoms with Crippen LogP contribution in [0.25, 0.3) is 0 Å². The molecule has 2 aliphatic rings. The summed E-state index contributed by atoms with van der Waals surface area (Å²) in [6, 6.07) is -5.16. The Morgan fingerprint density at radius 1 is 0.968 bits per heavy atom. The molecule has 4 atom stereocenters. The first kappa shape index (κ1) is 51.3. The number of likely N-dealkylation sites (tertiary alicyclic amines) is 1. The van der Waals surface area contributed by atoms with E-state index >= 15 is 0 Å². The molecule has 1 aromatic rings. The number of amides is 4. The molecule has 0 spiro atoms. The smallest absolute Gasteiger partial charge is 0.326 e. The lowest BCUT2D eigenvalue weighted by atomic mass is 9.94. The fourth-order valence-electron chi connectivity index (χ4n) is 7.08. The maximum Gasteiger partial charge on any atom is 0.326 e. The second kappa shape index (κ2) is 20.4. The van der Waals surface area contributed by atoms with Crippen LogP contribution in [0, 0.1) is 20.8 Å². The predicted molar refractivity (Wildman–Crippen MR) is 228 cm³/mol. The highest BCUT2D eigenvalue weighted by molar-refractivity contribution is 7.90. The van der Waals surface area contributed by atoms with Crippen LogP contribution in [0.3, 0.4) is 0 Å². The van der Waals surface area contributed by atoms with Crippen molar-refractivity contribution in [1.82, 2.24) is 25.6 Å².